The minimum Gasteiger partial charge on any atom is -0.313 e. The zero-order valence-corrected chi connectivity index (χ0v) is 8.93. The van der Waals surface area contributed by atoms with Crippen molar-refractivity contribution in [2.75, 3.05) is 6.54 Å². The molecule has 1 rings (SSSR count). The van der Waals surface area contributed by atoms with Crippen LogP contribution in [0.2, 0.25) is 0 Å². The Bertz CT molecular complexity index is 105. The van der Waals surface area contributed by atoms with E-state index in [1.54, 1.807) is 0 Å². The highest BCUT2D eigenvalue weighted by Crippen LogP contribution is 2.24. The topological polar surface area (TPSA) is 12.0 Å². The van der Waals surface area contributed by atoms with E-state index in [0.717, 1.165) is 23.8 Å². The fourth-order valence-corrected chi connectivity index (χ4v) is 2.04. The largest absolute Gasteiger partial charge is 0.313 e. The third-order valence-corrected chi connectivity index (χ3v) is 3.24. The van der Waals surface area contributed by atoms with Crippen molar-refractivity contribution >= 4 is 0 Å². The number of rotatable bonds is 2. The number of nitrogens with one attached hydrogen (secondary N) is 1. The molecule has 0 radical (unpaired) electrons. The molecule has 1 aliphatic rings. The Morgan fingerprint density at radius 3 is 2.00 bits per heavy atom. The molecule has 1 aliphatic heterocycles. The standard InChI is InChI=1S/C11H23N/c1-8(2)10-5-6-11(9(3)4)12-7-10/h8-12H,5-7H2,1-4H3. The first-order valence-corrected chi connectivity index (χ1v) is 5.34. The molecule has 72 valence electrons. The van der Waals surface area contributed by atoms with Gasteiger partial charge in [0.25, 0.3) is 0 Å². The van der Waals surface area contributed by atoms with Crippen LogP contribution in [0.5, 0.6) is 0 Å². The van der Waals surface area contributed by atoms with Gasteiger partial charge in [0, 0.05) is 6.04 Å². The maximum Gasteiger partial charge on any atom is 0.00902 e. The fourth-order valence-electron chi connectivity index (χ4n) is 2.04. The SMILES string of the molecule is CC(C)C1CCC(C(C)C)NC1. The van der Waals surface area contributed by atoms with E-state index in [-0.39, 0.29) is 0 Å². The molecule has 0 aromatic carbocycles. The first-order chi connectivity index (χ1) is 5.61. The summed E-state index contributed by atoms with van der Waals surface area (Å²) in [6, 6.07) is 0.778. The Hall–Kier alpha value is -0.0400. The molecule has 1 N–H and O–H groups in total. The van der Waals surface area contributed by atoms with Crippen LogP contribution in [0, 0.1) is 17.8 Å². The van der Waals surface area contributed by atoms with E-state index in [4.69, 9.17) is 0 Å². The van der Waals surface area contributed by atoms with Gasteiger partial charge in [-0.15, -0.1) is 0 Å². The summed E-state index contributed by atoms with van der Waals surface area (Å²) in [4.78, 5) is 0. The predicted molar refractivity (Wildman–Crippen MR) is 54.2 cm³/mol. The van der Waals surface area contributed by atoms with Crippen LogP contribution in [0.25, 0.3) is 0 Å². The highest BCUT2D eigenvalue weighted by atomic mass is 14.9. The minimum absolute atomic E-state index is 0.778. The second-order valence-corrected chi connectivity index (χ2v) is 4.84. The molecule has 0 amide bonds. The van der Waals surface area contributed by atoms with Gasteiger partial charge in [0.2, 0.25) is 0 Å². The second kappa shape index (κ2) is 4.27. The van der Waals surface area contributed by atoms with Crippen molar-refractivity contribution in [2.45, 2.75) is 46.6 Å². The Labute approximate surface area is 76.9 Å². The average molecular weight is 169 g/mol. The normalized spacial score (nSPS) is 31.5. The van der Waals surface area contributed by atoms with Gasteiger partial charge in [-0.2, -0.15) is 0 Å². The van der Waals surface area contributed by atoms with Gasteiger partial charge in [0.15, 0.2) is 0 Å². The Morgan fingerprint density at radius 2 is 1.67 bits per heavy atom. The van der Waals surface area contributed by atoms with Gasteiger partial charge in [0.05, 0.1) is 0 Å². The smallest absolute Gasteiger partial charge is 0.00902 e. The summed E-state index contributed by atoms with van der Waals surface area (Å²) in [5.74, 6) is 2.57. The summed E-state index contributed by atoms with van der Waals surface area (Å²) >= 11 is 0. The van der Waals surface area contributed by atoms with E-state index >= 15 is 0 Å². The van der Waals surface area contributed by atoms with Crippen LogP contribution in [-0.2, 0) is 0 Å². The van der Waals surface area contributed by atoms with Crippen molar-refractivity contribution in [2.24, 2.45) is 17.8 Å². The maximum atomic E-state index is 3.65. The molecule has 0 aromatic heterocycles. The van der Waals surface area contributed by atoms with E-state index in [2.05, 4.69) is 33.0 Å². The molecule has 0 bridgehead atoms. The summed E-state index contributed by atoms with van der Waals surface area (Å²) in [5.41, 5.74) is 0. The summed E-state index contributed by atoms with van der Waals surface area (Å²) in [6.45, 7) is 10.5. The lowest BCUT2D eigenvalue weighted by atomic mass is 9.83. The molecule has 2 atom stereocenters. The summed E-state index contributed by atoms with van der Waals surface area (Å²) in [7, 11) is 0. The van der Waals surface area contributed by atoms with Crippen molar-refractivity contribution in [3.8, 4) is 0 Å². The van der Waals surface area contributed by atoms with Crippen molar-refractivity contribution in [3.63, 3.8) is 0 Å². The minimum atomic E-state index is 0.778. The summed E-state index contributed by atoms with van der Waals surface area (Å²) < 4.78 is 0. The van der Waals surface area contributed by atoms with E-state index in [9.17, 15) is 0 Å². The number of hydrogen-bond donors (Lipinski definition) is 1. The van der Waals surface area contributed by atoms with Gasteiger partial charge in [-0.3, -0.25) is 0 Å². The molecule has 1 heterocycles. The van der Waals surface area contributed by atoms with Gasteiger partial charge in [-0.25, -0.2) is 0 Å². The van der Waals surface area contributed by atoms with E-state index in [0.29, 0.717) is 0 Å². The molecule has 12 heavy (non-hydrogen) atoms. The number of piperidine rings is 1. The zero-order chi connectivity index (χ0) is 9.14. The molecule has 0 saturated carbocycles. The molecule has 1 nitrogen and oxygen atoms in total. The van der Waals surface area contributed by atoms with Gasteiger partial charge >= 0.3 is 0 Å². The highest BCUT2D eigenvalue weighted by molar-refractivity contribution is 4.80. The fraction of sp³-hybridized carbons (Fsp3) is 1.00. The van der Waals surface area contributed by atoms with Gasteiger partial charge in [-0.1, -0.05) is 27.7 Å². The molecule has 1 fully saturated rings. The third kappa shape index (κ3) is 2.48. The quantitative estimate of drug-likeness (QED) is 0.670. The van der Waals surface area contributed by atoms with E-state index in [1.807, 2.05) is 0 Å². The van der Waals surface area contributed by atoms with Crippen molar-refractivity contribution in [1.82, 2.24) is 5.32 Å². The van der Waals surface area contributed by atoms with Crippen LogP contribution in [0.4, 0.5) is 0 Å². The highest BCUT2D eigenvalue weighted by Gasteiger charge is 2.23. The summed E-state index contributed by atoms with van der Waals surface area (Å²) in [5, 5.41) is 3.65. The summed E-state index contributed by atoms with van der Waals surface area (Å²) in [6.07, 6.45) is 2.80. The lowest BCUT2D eigenvalue weighted by molar-refractivity contribution is 0.224. The predicted octanol–water partition coefficient (Wildman–Crippen LogP) is 2.67. The van der Waals surface area contributed by atoms with Gasteiger partial charge in [0.1, 0.15) is 0 Å². The van der Waals surface area contributed by atoms with E-state index < -0.39 is 0 Å². The first kappa shape index (κ1) is 10.0. The lowest BCUT2D eigenvalue weighted by Gasteiger charge is -2.34. The zero-order valence-electron chi connectivity index (χ0n) is 8.93. The molecular formula is C11H23N. The molecular weight excluding hydrogens is 146 g/mol. The Morgan fingerprint density at radius 1 is 1.00 bits per heavy atom. The molecule has 0 spiro atoms. The monoisotopic (exact) mass is 169 g/mol. The molecule has 1 saturated heterocycles. The van der Waals surface area contributed by atoms with Gasteiger partial charge in [-0.05, 0) is 37.1 Å². The maximum absolute atomic E-state index is 3.65. The average Bonchev–Trinajstić information content (AvgIpc) is 2.04. The molecule has 0 aromatic rings. The Kier molecular flexibility index (Phi) is 3.57. The van der Waals surface area contributed by atoms with Crippen molar-refractivity contribution in [3.05, 3.63) is 0 Å². The van der Waals surface area contributed by atoms with Crippen molar-refractivity contribution in [1.29, 1.82) is 0 Å². The van der Waals surface area contributed by atoms with Crippen LogP contribution in [0.3, 0.4) is 0 Å². The van der Waals surface area contributed by atoms with Crippen LogP contribution in [-0.4, -0.2) is 12.6 Å². The van der Waals surface area contributed by atoms with Crippen LogP contribution in [0.15, 0.2) is 0 Å². The first-order valence-electron chi connectivity index (χ1n) is 5.34. The molecule has 1 heteroatoms. The molecule has 2 unspecified atom stereocenters. The van der Waals surface area contributed by atoms with Crippen molar-refractivity contribution < 1.29 is 0 Å². The van der Waals surface area contributed by atoms with Crippen LogP contribution < -0.4 is 5.32 Å². The Balaban J connectivity index is 2.30. The van der Waals surface area contributed by atoms with Crippen LogP contribution >= 0.6 is 0 Å². The van der Waals surface area contributed by atoms with Crippen LogP contribution in [0.1, 0.15) is 40.5 Å². The molecule has 0 aliphatic carbocycles. The van der Waals surface area contributed by atoms with E-state index in [1.165, 1.54) is 19.4 Å². The van der Waals surface area contributed by atoms with Gasteiger partial charge < -0.3 is 5.32 Å². The third-order valence-electron chi connectivity index (χ3n) is 3.24. The second-order valence-electron chi connectivity index (χ2n) is 4.84. The lowest BCUT2D eigenvalue weighted by Crippen LogP contribution is -2.43. The number of hydrogen-bond acceptors (Lipinski definition) is 1.